The average molecular weight is 254 g/mol. The summed E-state index contributed by atoms with van der Waals surface area (Å²) in [6.07, 6.45) is 3.31. The molecule has 3 aromatic rings. The van der Waals surface area contributed by atoms with Crippen LogP contribution in [0.25, 0.3) is 22.6 Å². The van der Waals surface area contributed by atoms with Crippen LogP contribution in [0.1, 0.15) is 0 Å². The maximum Gasteiger partial charge on any atom is 0.139 e. The highest BCUT2D eigenvalue weighted by Gasteiger charge is 2.04. The fraction of sp³-hybridized carbons (Fsp3) is 0. The van der Waals surface area contributed by atoms with Gasteiger partial charge in [0.05, 0.1) is 18.2 Å². The number of nitrogens with one attached hydrogen (secondary N) is 1. The number of aromatic amines is 1. The number of aromatic nitrogens is 2. The first kappa shape index (κ1) is 10.9. The highest BCUT2D eigenvalue weighted by atomic mass is 32.1. The first-order valence-corrected chi connectivity index (χ1v) is 5.93. The summed E-state index contributed by atoms with van der Waals surface area (Å²) in [5.41, 5.74) is 2.87. The molecule has 0 fully saturated rings. The lowest BCUT2D eigenvalue weighted by Gasteiger charge is -2.04. The number of furan rings is 1. The number of rotatable bonds is 2. The molecule has 0 amide bonds. The van der Waals surface area contributed by atoms with Gasteiger partial charge in [-0.3, -0.25) is 0 Å². The Bertz CT molecular complexity index is 702. The van der Waals surface area contributed by atoms with E-state index in [0.29, 0.717) is 4.64 Å². The molecule has 0 atom stereocenters. The molecule has 2 aromatic heterocycles. The molecule has 0 bridgehead atoms. The van der Waals surface area contributed by atoms with Crippen molar-refractivity contribution in [3.63, 3.8) is 0 Å². The molecular weight excluding hydrogens is 244 g/mol. The van der Waals surface area contributed by atoms with Crippen molar-refractivity contribution >= 4 is 12.2 Å². The van der Waals surface area contributed by atoms with Crippen molar-refractivity contribution in [1.29, 1.82) is 0 Å². The minimum Gasteiger partial charge on any atom is -0.472 e. The second-order valence-electron chi connectivity index (χ2n) is 3.86. The second-order valence-corrected chi connectivity index (χ2v) is 4.28. The summed E-state index contributed by atoms with van der Waals surface area (Å²) >= 11 is 5.20. The molecule has 0 aliphatic rings. The normalized spacial score (nSPS) is 10.4. The number of nitrogens with zero attached hydrogens (tertiary/aromatic N) is 1. The smallest absolute Gasteiger partial charge is 0.139 e. The van der Waals surface area contributed by atoms with E-state index in [2.05, 4.69) is 9.97 Å². The van der Waals surface area contributed by atoms with Crippen LogP contribution in [0.3, 0.4) is 0 Å². The average Bonchev–Trinajstić information content (AvgIpc) is 2.93. The van der Waals surface area contributed by atoms with E-state index in [1.54, 1.807) is 12.5 Å². The van der Waals surface area contributed by atoms with Crippen LogP contribution in [0.5, 0.6) is 0 Å². The lowest BCUT2D eigenvalue weighted by Crippen LogP contribution is -1.91. The van der Waals surface area contributed by atoms with E-state index in [0.717, 1.165) is 22.6 Å². The Morgan fingerprint density at radius 3 is 2.61 bits per heavy atom. The summed E-state index contributed by atoms with van der Waals surface area (Å²) in [6.45, 7) is 0. The van der Waals surface area contributed by atoms with E-state index in [9.17, 15) is 0 Å². The Balaban J connectivity index is 2.15. The number of hydrogen-bond donors (Lipinski definition) is 1. The Morgan fingerprint density at radius 1 is 1.06 bits per heavy atom. The molecule has 2 heterocycles. The molecule has 18 heavy (non-hydrogen) atoms. The lowest BCUT2D eigenvalue weighted by molar-refractivity contribution is 0.568. The highest BCUT2D eigenvalue weighted by molar-refractivity contribution is 7.71. The van der Waals surface area contributed by atoms with Crippen LogP contribution in [0.4, 0.5) is 0 Å². The summed E-state index contributed by atoms with van der Waals surface area (Å²) in [7, 11) is 0. The fourth-order valence-corrected chi connectivity index (χ4v) is 1.97. The third kappa shape index (κ3) is 2.10. The van der Waals surface area contributed by atoms with E-state index < -0.39 is 0 Å². The fourth-order valence-electron chi connectivity index (χ4n) is 1.76. The zero-order chi connectivity index (χ0) is 12.4. The zero-order valence-electron chi connectivity index (χ0n) is 9.46. The number of H-pyrrole nitrogens is 1. The first-order valence-electron chi connectivity index (χ1n) is 5.52. The van der Waals surface area contributed by atoms with Crippen LogP contribution in [0, 0.1) is 4.64 Å². The van der Waals surface area contributed by atoms with Gasteiger partial charge in [0.2, 0.25) is 0 Å². The van der Waals surface area contributed by atoms with Gasteiger partial charge >= 0.3 is 0 Å². The molecule has 1 N–H and O–H groups in total. The molecule has 1 aromatic carbocycles. The Hall–Kier alpha value is -2.20. The van der Waals surface area contributed by atoms with E-state index in [1.165, 1.54) is 0 Å². The van der Waals surface area contributed by atoms with Crippen LogP contribution < -0.4 is 0 Å². The highest BCUT2D eigenvalue weighted by Crippen LogP contribution is 2.21. The Kier molecular flexibility index (Phi) is 2.78. The summed E-state index contributed by atoms with van der Waals surface area (Å²) in [5, 5.41) is 0. The summed E-state index contributed by atoms with van der Waals surface area (Å²) in [5.74, 6) is 0.763. The third-order valence-corrected chi connectivity index (χ3v) is 2.83. The second kappa shape index (κ2) is 4.58. The molecule has 0 aliphatic heterocycles. The predicted octanol–water partition coefficient (Wildman–Crippen LogP) is 4.07. The maximum absolute atomic E-state index is 5.20. The van der Waals surface area contributed by atoms with E-state index in [-0.39, 0.29) is 0 Å². The van der Waals surface area contributed by atoms with E-state index in [4.69, 9.17) is 16.6 Å². The van der Waals surface area contributed by atoms with Crippen molar-refractivity contribution in [2.45, 2.75) is 0 Å². The molecule has 0 aliphatic carbocycles. The van der Waals surface area contributed by atoms with Gasteiger partial charge in [0.25, 0.3) is 0 Å². The molecular formula is C14H10N2OS. The largest absolute Gasteiger partial charge is 0.472 e. The quantitative estimate of drug-likeness (QED) is 0.701. The molecule has 4 heteroatoms. The van der Waals surface area contributed by atoms with E-state index >= 15 is 0 Å². The summed E-state index contributed by atoms with van der Waals surface area (Å²) < 4.78 is 5.64. The molecule has 0 spiro atoms. The van der Waals surface area contributed by atoms with Gasteiger partial charge in [0, 0.05) is 11.1 Å². The monoisotopic (exact) mass is 254 g/mol. The van der Waals surface area contributed by atoms with Crippen LogP contribution >= 0.6 is 12.2 Å². The van der Waals surface area contributed by atoms with Crippen LogP contribution in [0.2, 0.25) is 0 Å². The van der Waals surface area contributed by atoms with Crippen molar-refractivity contribution in [1.82, 2.24) is 9.97 Å². The third-order valence-electron chi connectivity index (χ3n) is 2.62. The molecule has 3 rings (SSSR count). The molecule has 0 saturated carbocycles. The van der Waals surface area contributed by atoms with Crippen molar-refractivity contribution in [2.24, 2.45) is 0 Å². The van der Waals surface area contributed by atoms with Gasteiger partial charge in [-0.1, -0.05) is 42.5 Å². The van der Waals surface area contributed by atoms with Gasteiger partial charge in [0.1, 0.15) is 10.5 Å². The Labute approximate surface area is 109 Å². The van der Waals surface area contributed by atoms with Gasteiger partial charge in [-0.05, 0) is 12.1 Å². The minimum atomic E-state index is 0.559. The predicted molar refractivity (Wildman–Crippen MR) is 72.6 cm³/mol. The SMILES string of the molecule is S=c1cc(-c2ccoc2)[nH]c(-c2ccccc2)n1. The molecule has 3 nitrogen and oxygen atoms in total. The van der Waals surface area contributed by atoms with Gasteiger partial charge < -0.3 is 9.40 Å². The molecule has 88 valence electrons. The molecule has 0 unspecified atom stereocenters. The van der Waals surface area contributed by atoms with Crippen molar-refractivity contribution in [3.8, 4) is 22.6 Å². The molecule has 0 radical (unpaired) electrons. The number of benzene rings is 1. The van der Waals surface area contributed by atoms with Crippen molar-refractivity contribution in [2.75, 3.05) is 0 Å². The van der Waals surface area contributed by atoms with Crippen LogP contribution in [0.15, 0.2) is 59.4 Å². The lowest BCUT2D eigenvalue weighted by atomic mass is 10.2. The minimum absolute atomic E-state index is 0.559. The van der Waals surface area contributed by atoms with Crippen molar-refractivity contribution < 1.29 is 4.42 Å². The van der Waals surface area contributed by atoms with Crippen LogP contribution in [-0.4, -0.2) is 9.97 Å². The first-order chi connectivity index (χ1) is 8.83. The Morgan fingerprint density at radius 2 is 1.89 bits per heavy atom. The summed E-state index contributed by atoms with van der Waals surface area (Å²) in [6, 6.07) is 13.6. The molecule has 0 saturated heterocycles. The standard InChI is InChI=1S/C14H10N2OS/c18-13-8-12(11-6-7-17-9-11)15-14(16-13)10-4-2-1-3-5-10/h1-9H,(H,15,16,18). The van der Waals surface area contributed by atoms with Gasteiger partial charge in [-0.15, -0.1) is 0 Å². The van der Waals surface area contributed by atoms with Crippen molar-refractivity contribution in [3.05, 3.63) is 59.6 Å². The maximum atomic E-state index is 5.20. The summed E-state index contributed by atoms with van der Waals surface area (Å²) in [4.78, 5) is 7.61. The van der Waals surface area contributed by atoms with Crippen LogP contribution in [-0.2, 0) is 0 Å². The zero-order valence-corrected chi connectivity index (χ0v) is 10.3. The number of hydrogen-bond acceptors (Lipinski definition) is 3. The van der Waals surface area contributed by atoms with Gasteiger partial charge in [-0.25, -0.2) is 4.98 Å². The van der Waals surface area contributed by atoms with Gasteiger partial charge in [-0.2, -0.15) is 0 Å². The van der Waals surface area contributed by atoms with Gasteiger partial charge in [0.15, 0.2) is 0 Å². The topological polar surface area (TPSA) is 41.8 Å². The van der Waals surface area contributed by atoms with E-state index in [1.807, 2.05) is 42.5 Å².